The molecule has 0 atom stereocenters. The Bertz CT molecular complexity index is 260. The number of rotatable bonds is 7. The van der Waals surface area contributed by atoms with Gasteiger partial charge in [0.2, 0.25) is 0 Å². The maximum absolute atomic E-state index is 7.53. The van der Waals surface area contributed by atoms with Gasteiger partial charge >= 0.3 is 0 Å². The zero-order valence-electron chi connectivity index (χ0n) is 12.2. The third-order valence-corrected chi connectivity index (χ3v) is 4.11. The minimum Gasteiger partial charge on any atom is -0.387 e. The van der Waals surface area contributed by atoms with Gasteiger partial charge in [0.25, 0.3) is 0 Å². The Balaban J connectivity index is 2.15. The predicted molar refractivity (Wildman–Crippen MR) is 76.0 cm³/mol. The normalized spacial score (nSPS) is 18.2. The Morgan fingerprint density at radius 1 is 1.33 bits per heavy atom. The number of hydrogen-bond acceptors (Lipinski definition) is 3. The molecule has 1 saturated heterocycles. The van der Waals surface area contributed by atoms with E-state index in [1.165, 1.54) is 6.42 Å². The monoisotopic (exact) mass is 255 g/mol. The van der Waals surface area contributed by atoms with Crippen molar-refractivity contribution in [1.29, 1.82) is 5.41 Å². The summed E-state index contributed by atoms with van der Waals surface area (Å²) in [5.41, 5.74) is 5.45. The van der Waals surface area contributed by atoms with Crippen molar-refractivity contribution in [1.82, 2.24) is 4.90 Å². The molecule has 106 valence electrons. The summed E-state index contributed by atoms with van der Waals surface area (Å²) in [7, 11) is 2.21. The summed E-state index contributed by atoms with van der Waals surface area (Å²) in [4.78, 5) is 2.46. The number of nitrogens with zero attached hydrogens (tertiary/aromatic N) is 1. The average molecular weight is 255 g/mol. The van der Waals surface area contributed by atoms with Gasteiger partial charge in [-0.05, 0) is 39.3 Å². The minimum atomic E-state index is -0.142. The molecule has 0 unspecified atom stereocenters. The van der Waals surface area contributed by atoms with Crippen molar-refractivity contribution >= 4 is 5.84 Å². The largest absolute Gasteiger partial charge is 0.387 e. The molecule has 0 aromatic carbocycles. The van der Waals surface area contributed by atoms with Crippen molar-refractivity contribution in [2.75, 3.05) is 26.8 Å². The van der Waals surface area contributed by atoms with Gasteiger partial charge in [-0.3, -0.25) is 5.41 Å². The highest BCUT2D eigenvalue weighted by Crippen LogP contribution is 2.23. The van der Waals surface area contributed by atoms with Crippen LogP contribution in [0.4, 0.5) is 0 Å². The first-order valence-corrected chi connectivity index (χ1v) is 7.06. The molecular weight excluding hydrogens is 226 g/mol. The second-order valence-corrected chi connectivity index (χ2v) is 6.08. The molecule has 4 nitrogen and oxygen atoms in total. The van der Waals surface area contributed by atoms with E-state index < -0.39 is 0 Å². The molecule has 3 N–H and O–H groups in total. The summed E-state index contributed by atoms with van der Waals surface area (Å²) in [6, 6.07) is 0.694. The first-order chi connectivity index (χ1) is 8.43. The number of hydrogen-bond donors (Lipinski definition) is 2. The number of nitrogens with one attached hydrogen (secondary N) is 1. The van der Waals surface area contributed by atoms with Gasteiger partial charge in [0.1, 0.15) is 0 Å². The number of amidine groups is 1. The fraction of sp³-hybridized carbons (Fsp3) is 0.929. The van der Waals surface area contributed by atoms with Gasteiger partial charge in [-0.15, -0.1) is 0 Å². The highest BCUT2D eigenvalue weighted by atomic mass is 16.5. The van der Waals surface area contributed by atoms with Crippen LogP contribution < -0.4 is 5.73 Å². The lowest BCUT2D eigenvalue weighted by Crippen LogP contribution is -2.37. The molecule has 0 radical (unpaired) electrons. The molecule has 18 heavy (non-hydrogen) atoms. The Morgan fingerprint density at radius 2 is 1.94 bits per heavy atom. The number of nitrogens with two attached hydrogens (primary N) is 1. The molecule has 1 aliphatic rings. The smallest absolute Gasteiger partial charge is 0.0963 e. The van der Waals surface area contributed by atoms with Gasteiger partial charge in [0, 0.05) is 24.7 Å². The van der Waals surface area contributed by atoms with Gasteiger partial charge in [-0.1, -0.05) is 20.3 Å². The molecular formula is C14H29N3O. The van der Waals surface area contributed by atoms with Crippen molar-refractivity contribution in [2.24, 2.45) is 11.1 Å². The average Bonchev–Trinajstić information content (AvgIpc) is 2.35. The zero-order valence-corrected chi connectivity index (χ0v) is 12.2. The maximum Gasteiger partial charge on any atom is 0.0963 e. The van der Waals surface area contributed by atoms with E-state index in [9.17, 15) is 0 Å². The van der Waals surface area contributed by atoms with Crippen LogP contribution in [0.2, 0.25) is 0 Å². The molecule has 0 aromatic heterocycles. The van der Waals surface area contributed by atoms with Gasteiger partial charge in [0.15, 0.2) is 0 Å². The molecule has 0 aromatic rings. The van der Waals surface area contributed by atoms with E-state index in [1.807, 2.05) is 0 Å². The van der Waals surface area contributed by atoms with E-state index in [-0.39, 0.29) is 5.41 Å². The third-order valence-electron chi connectivity index (χ3n) is 4.11. The molecule has 1 heterocycles. The van der Waals surface area contributed by atoms with Crippen molar-refractivity contribution in [3.63, 3.8) is 0 Å². The van der Waals surface area contributed by atoms with Crippen molar-refractivity contribution in [3.05, 3.63) is 0 Å². The molecule has 1 aliphatic heterocycles. The standard InChI is InChI=1S/C14H29N3O/c1-14(2,13(15)16)8-4-5-9-17(3)12-6-10-18-11-7-12/h12H,4-11H2,1-3H3,(H3,15,16). The molecule has 1 rings (SSSR count). The van der Waals surface area contributed by atoms with Crippen molar-refractivity contribution < 1.29 is 4.74 Å². The minimum absolute atomic E-state index is 0.142. The Kier molecular flexibility index (Phi) is 6.09. The number of ether oxygens (including phenoxy) is 1. The van der Waals surface area contributed by atoms with Crippen LogP contribution in [0.3, 0.4) is 0 Å². The lowest BCUT2D eigenvalue weighted by Gasteiger charge is -2.31. The summed E-state index contributed by atoms with van der Waals surface area (Å²) >= 11 is 0. The highest BCUT2D eigenvalue weighted by Gasteiger charge is 2.21. The predicted octanol–water partition coefficient (Wildman–Crippen LogP) is 2.23. The van der Waals surface area contributed by atoms with Crippen LogP contribution in [0.1, 0.15) is 46.0 Å². The summed E-state index contributed by atoms with van der Waals surface area (Å²) in [6.07, 6.45) is 5.65. The van der Waals surface area contributed by atoms with E-state index >= 15 is 0 Å². The Labute approximate surface area is 111 Å². The molecule has 4 heteroatoms. The van der Waals surface area contributed by atoms with E-state index in [1.54, 1.807) is 0 Å². The lowest BCUT2D eigenvalue weighted by molar-refractivity contribution is 0.0425. The Morgan fingerprint density at radius 3 is 2.50 bits per heavy atom. The molecule has 0 amide bonds. The summed E-state index contributed by atoms with van der Waals surface area (Å²) in [5, 5.41) is 7.53. The van der Waals surface area contributed by atoms with Gasteiger partial charge < -0.3 is 15.4 Å². The molecule has 0 bridgehead atoms. The fourth-order valence-corrected chi connectivity index (χ4v) is 2.37. The second kappa shape index (κ2) is 7.10. The summed E-state index contributed by atoms with van der Waals surface area (Å²) in [5.74, 6) is 0.306. The molecule has 0 spiro atoms. The van der Waals surface area contributed by atoms with Crippen LogP contribution >= 0.6 is 0 Å². The highest BCUT2D eigenvalue weighted by molar-refractivity contribution is 5.82. The van der Waals surface area contributed by atoms with Gasteiger partial charge in [-0.2, -0.15) is 0 Å². The SMILES string of the molecule is CN(CCCCC(C)(C)C(=N)N)C1CCOCC1. The van der Waals surface area contributed by atoms with E-state index in [0.717, 1.165) is 45.4 Å². The van der Waals surface area contributed by atoms with Gasteiger partial charge in [-0.25, -0.2) is 0 Å². The molecule has 1 fully saturated rings. The molecule has 0 aliphatic carbocycles. The van der Waals surface area contributed by atoms with Crippen molar-refractivity contribution in [3.8, 4) is 0 Å². The fourth-order valence-electron chi connectivity index (χ4n) is 2.37. The maximum atomic E-state index is 7.53. The van der Waals surface area contributed by atoms with Crippen LogP contribution in [0.5, 0.6) is 0 Å². The van der Waals surface area contributed by atoms with Crippen LogP contribution in [-0.2, 0) is 4.74 Å². The van der Waals surface area contributed by atoms with Crippen LogP contribution in [0.15, 0.2) is 0 Å². The quantitative estimate of drug-likeness (QED) is 0.416. The van der Waals surface area contributed by atoms with Crippen LogP contribution in [-0.4, -0.2) is 43.6 Å². The Hall–Kier alpha value is -0.610. The first kappa shape index (κ1) is 15.4. The lowest BCUT2D eigenvalue weighted by atomic mass is 9.86. The molecule has 0 saturated carbocycles. The third kappa shape index (κ3) is 4.94. The summed E-state index contributed by atoms with van der Waals surface area (Å²) in [6.45, 7) is 7.06. The second-order valence-electron chi connectivity index (χ2n) is 6.08. The van der Waals surface area contributed by atoms with E-state index in [0.29, 0.717) is 11.9 Å². The summed E-state index contributed by atoms with van der Waals surface area (Å²) < 4.78 is 5.38. The van der Waals surface area contributed by atoms with Crippen LogP contribution in [0.25, 0.3) is 0 Å². The zero-order chi connectivity index (χ0) is 13.6. The number of unbranched alkanes of at least 4 members (excludes halogenated alkanes) is 1. The van der Waals surface area contributed by atoms with Crippen molar-refractivity contribution in [2.45, 2.75) is 52.0 Å². The first-order valence-electron chi connectivity index (χ1n) is 7.06. The van der Waals surface area contributed by atoms with E-state index in [4.69, 9.17) is 15.9 Å². The topological polar surface area (TPSA) is 62.3 Å². The van der Waals surface area contributed by atoms with E-state index in [2.05, 4.69) is 25.8 Å². The van der Waals surface area contributed by atoms with Gasteiger partial charge in [0.05, 0.1) is 5.84 Å². The van der Waals surface area contributed by atoms with Crippen LogP contribution in [0, 0.1) is 10.8 Å².